The van der Waals surface area contributed by atoms with Gasteiger partial charge in [0.1, 0.15) is 6.20 Å². The van der Waals surface area contributed by atoms with Crippen LogP contribution in [0.3, 0.4) is 0 Å². The summed E-state index contributed by atoms with van der Waals surface area (Å²) in [6, 6.07) is 6.03. The maximum atomic E-state index is 11.1. The molecule has 0 saturated carbocycles. The lowest BCUT2D eigenvalue weighted by Crippen LogP contribution is -2.06. The summed E-state index contributed by atoms with van der Waals surface area (Å²) in [6.07, 6.45) is 7.58. The molecule has 0 bridgehead atoms. The number of aromatic nitrogens is 4. The highest BCUT2D eigenvalue weighted by atomic mass is 32.2. The molecule has 0 saturated heterocycles. The zero-order chi connectivity index (χ0) is 19.9. The molecule has 0 aliphatic carbocycles. The summed E-state index contributed by atoms with van der Waals surface area (Å²) in [5.41, 5.74) is 2.27. The zero-order valence-corrected chi connectivity index (χ0v) is 17.4. The minimum Gasteiger partial charge on any atom is -0.358 e. The molecule has 3 aromatic heterocycles. The van der Waals surface area contributed by atoms with Crippen molar-refractivity contribution in [1.82, 2.24) is 19.5 Å². The molecule has 146 valence electrons. The van der Waals surface area contributed by atoms with E-state index in [0.717, 1.165) is 23.6 Å². The average molecular weight is 416 g/mol. The molecule has 0 aliphatic heterocycles. The van der Waals surface area contributed by atoms with Gasteiger partial charge in [-0.05, 0) is 42.0 Å². The second kappa shape index (κ2) is 9.70. The molecule has 0 spiro atoms. The van der Waals surface area contributed by atoms with E-state index in [4.69, 9.17) is 0 Å². The highest BCUT2D eigenvalue weighted by Gasteiger charge is 2.16. The Hall–Kier alpha value is -2.39. The van der Waals surface area contributed by atoms with E-state index in [9.17, 15) is 10.1 Å². The molecule has 9 heteroatoms. The average Bonchev–Trinajstić information content (AvgIpc) is 3.07. The van der Waals surface area contributed by atoms with E-state index >= 15 is 0 Å². The van der Waals surface area contributed by atoms with Crippen LogP contribution in [0.25, 0.3) is 0 Å². The molecule has 0 N–H and O–H groups in total. The van der Waals surface area contributed by atoms with Gasteiger partial charge in [0.25, 0.3) is 0 Å². The zero-order valence-electron chi connectivity index (χ0n) is 15.7. The van der Waals surface area contributed by atoms with E-state index in [0.29, 0.717) is 12.4 Å². The standard InChI is InChI=1S/C19H21N5O2S2/c1-14-17(13-28-16-4-7-20-8-5-16)21-9-6-18(14)27-11-3-10-23-15(2)22-12-19(23)24(25)26/h4-9,12H,3,10-11,13H2,1-2H3. The summed E-state index contributed by atoms with van der Waals surface area (Å²) in [7, 11) is 0. The first-order chi connectivity index (χ1) is 13.6. The summed E-state index contributed by atoms with van der Waals surface area (Å²) in [5.74, 6) is 2.41. The molecule has 3 rings (SSSR count). The summed E-state index contributed by atoms with van der Waals surface area (Å²) in [6.45, 7) is 4.48. The number of thioether (sulfide) groups is 2. The number of hydrogen-bond acceptors (Lipinski definition) is 7. The minimum atomic E-state index is -0.382. The van der Waals surface area contributed by atoms with Crippen molar-refractivity contribution in [1.29, 1.82) is 0 Å². The third-order valence-corrected chi connectivity index (χ3v) is 6.56. The number of nitrogens with zero attached hydrogens (tertiary/aromatic N) is 5. The van der Waals surface area contributed by atoms with E-state index in [1.165, 1.54) is 21.6 Å². The van der Waals surface area contributed by atoms with Gasteiger partial charge in [0, 0.05) is 46.8 Å². The summed E-state index contributed by atoms with van der Waals surface area (Å²) in [4.78, 5) is 25.7. The summed E-state index contributed by atoms with van der Waals surface area (Å²) >= 11 is 3.51. The number of nitro groups is 1. The largest absolute Gasteiger partial charge is 0.358 e. The summed E-state index contributed by atoms with van der Waals surface area (Å²) < 4.78 is 1.66. The molecule has 0 atom stereocenters. The predicted molar refractivity (Wildman–Crippen MR) is 112 cm³/mol. The van der Waals surface area contributed by atoms with Crippen LogP contribution in [0, 0.1) is 24.0 Å². The van der Waals surface area contributed by atoms with Crippen LogP contribution in [0.1, 0.15) is 23.5 Å². The van der Waals surface area contributed by atoms with Crippen LogP contribution in [-0.4, -0.2) is 30.2 Å². The van der Waals surface area contributed by atoms with Crippen molar-refractivity contribution >= 4 is 29.3 Å². The van der Waals surface area contributed by atoms with Gasteiger partial charge in [-0.3, -0.25) is 9.97 Å². The van der Waals surface area contributed by atoms with Crippen molar-refractivity contribution < 1.29 is 4.92 Å². The Kier molecular flexibility index (Phi) is 7.05. The molecule has 3 heterocycles. The van der Waals surface area contributed by atoms with Crippen LogP contribution >= 0.6 is 23.5 Å². The number of rotatable bonds is 9. The molecule has 0 unspecified atom stereocenters. The highest BCUT2D eigenvalue weighted by Crippen LogP contribution is 2.28. The molecule has 0 radical (unpaired) electrons. The Morgan fingerprint density at radius 1 is 1.11 bits per heavy atom. The number of imidazole rings is 1. The van der Waals surface area contributed by atoms with E-state index in [-0.39, 0.29) is 10.7 Å². The molecular formula is C19H21N5O2S2. The lowest BCUT2D eigenvalue weighted by Gasteiger charge is -2.10. The van der Waals surface area contributed by atoms with Crippen LogP contribution in [0.4, 0.5) is 5.82 Å². The fourth-order valence-electron chi connectivity index (χ4n) is 2.73. The van der Waals surface area contributed by atoms with Crippen molar-refractivity contribution in [2.75, 3.05) is 5.75 Å². The second-order valence-corrected chi connectivity index (χ2v) is 8.31. The van der Waals surface area contributed by atoms with Crippen LogP contribution in [0.2, 0.25) is 0 Å². The van der Waals surface area contributed by atoms with Crippen molar-refractivity contribution in [2.45, 2.75) is 42.4 Å². The van der Waals surface area contributed by atoms with Gasteiger partial charge in [0.15, 0.2) is 5.82 Å². The SMILES string of the molecule is Cc1c(SCCCn2c([N+](=O)[O-])cnc2C)ccnc1CSc1ccncc1. The second-order valence-electron chi connectivity index (χ2n) is 6.13. The topological polar surface area (TPSA) is 86.7 Å². The first-order valence-corrected chi connectivity index (χ1v) is 10.8. The maximum Gasteiger partial charge on any atom is 0.342 e. The predicted octanol–water partition coefficient (Wildman–Crippen LogP) is 4.67. The lowest BCUT2D eigenvalue weighted by atomic mass is 10.2. The molecule has 0 aromatic carbocycles. The first kappa shape index (κ1) is 20.3. The van der Waals surface area contributed by atoms with E-state index < -0.39 is 0 Å². The number of aryl methyl sites for hydroxylation is 1. The molecule has 3 aromatic rings. The minimum absolute atomic E-state index is 0.0537. The Morgan fingerprint density at radius 2 is 1.89 bits per heavy atom. The molecule has 0 aliphatic rings. The normalized spacial score (nSPS) is 10.9. The third kappa shape index (κ3) is 5.11. The Bertz CT molecular complexity index is 947. The van der Waals surface area contributed by atoms with Gasteiger partial charge in [-0.15, -0.1) is 23.5 Å². The van der Waals surface area contributed by atoms with E-state index in [1.54, 1.807) is 47.4 Å². The van der Waals surface area contributed by atoms with Gasteiger partial charge in [0.05, 0.1) is 12.2 Å². The van der Waals surface area contributed by atoms with Gasteiger partial charge in [-0.2, -0.15) is 0 Å². The highest BCUT2D eigenvalue weighted by molar-refractivity contribution is 7.99. The first-order valence-electron chi connectivity index (χ1n) is 8.83. The van der Waals surface area contributed by atoms with Crippen molar-refractivity contribution in [3.05, 3.63) is 70.2 Å². The van der Waals surface area contributed by atoms with E-state index in [2.05, 4.69) is 21.9 Å². The molecule has 7 nitrogen and oxygen atoms in total. The third-order valence-electron chi connectivity index (χ3n) is 4.29. The van der Waals surface area contributed by atoms with Crippen molar-refractivity contribution in [3.8, 4) is 0 Å². The Morgan fingerprint density at radius 3 is 2.64 bits per heavy atom. The van der Waals surface area contributed by atoms with Crippen LogP contribution in [0.5, 0.6) is 0 Å². The molecule has 0 amide bonds. The Labute approximate surface area is 172 Å². The van der Waals surface area contributed by atoms with Crippen LogP contribution in [0.15, 0.2) is 52.8 Å². The van der Waals surface area contributed by atoms with Gasteiger partial charge in [-0.1, -0.05) is 0 Å². The van der Waals surface area contributed by atoms with Gasteiger partial charge >= 0.3 is 5.82 Å². The fraction of sp³-hybridized carbons (Fsp3) is 0.316. The van der Waals surface area contributed by atoms with E-state index in [1.807, 2.05) is 24.4 Å². The number of hydrogen-bond donors (Lipinski definition) is 0. The van der Waals surface area contributed by atoms with Crippen LogP contribution < -0.4 is 0 Å². The fourth-order valence-corrected chi connectivity index (χ4v) is 4.62. The quantitative estimate of drug-likeness (QED) is 0.217. The maximum absolute atomic E-state index is 11.1. The van der Waals surface area contributed by atoms with Gasteiger partial charge in [-0.25, -0.2) is 9.55 Å². The molecule has 28 heavy (non-hydrogen) atoms. The van der Waals surface area contributed by atoms with Gasteiger partial charge in [0.2, 0.25) is 0 Å². The Balaban J connectivity index is 1.55. The lowest BCUT2D eigenvalue weighted by molar-refractivity contribution is -0.392. The van der Waals surface area contributed by atoms with Crippen LogP contribution in [-0.2, 0) is 12.3 Å². The number of pyridine rings is 2. The smallest absolute Gasteiger partial charge is 0.342 e. The van der Waals surface area contributed by atoms with Gasteiger partial charge < -0.3 is 10.1 Å². The van der Waals surface area contributed by atoms with Crippen molar-refractivity contribution in [2.24, 2.45) is 0 Å². The molecule has 0 fully saturated rings. The molecular weight excluding hydrogens is 394 g/mol. The van der Waals surface area contributed by atoms with Crippen molar-refractivity contribution in [3.63, 3.8) is 0 Å². The monoisotopic (exact) mass is 415 g/mol. The summed E-state index contributed by atoms with van der Waals surface area (Å²) in [5, 5.41) is 11.1.